The molecule has 138 valence electrons. The van der Waals surface area contributed by atoms with Gasteiger partial charge in [-0.1, -0.05) is 23.4 Å². The minimum Gasteiger partial charge on any atom is -0.321 e. The first-order valence-corrected chi connectivity index (χ1v) is 8.53. The van der Waals surface area contributed by atoms with Crippen LogP contribution in [0.5, 0.6) is 0 Å². The average molecular weight is 374 g/mol. The number of H-pyrrole nitrogens is 1. The van der Waals surface area contributed by atoms with Crippen molar-refractivity contribution in [3.63, 3.8) is 0 Å². The van der Waals surface area contributed by atoms with Crippen LogP contribution < -0.4 is 5.32 Å². The summed E-state index contributed by atoms with van der Waals surface area (Å²) in [6.07, 6.45) is 0.499. The first kappa shape index (κ1) is 17.5. The van der Waals surface area contributed by atoms with E-state index in [1.54, 1.807) is 36.4 Å². The van der Waals surface area contributed by atoms with Gasteiger partial charge in [0.1, 0.15) is 11.5 Å². The van der Waals surface area contributed by atoms with Gasteiger partial charge in [-0.2, -0.15) is 5.21 Å². The van der Waals surface area contributed by atoms with Crippen molar-refractivity contribution in [2.75, 3.05) is 5.32 Å². The van der Waals surface area contributed by atoms with Gasteiger partial charge in [0.2, 0.25) is 0 Å². The third kappa shape index (κ3) is 4.07. The molecule has 2 N–H and O–H groups in total. The third-order valence-electron chi connectivity index (χ3n) is 4.06. The van der Waals surface area contributed by atoms with Crippen molar-refractivity contribution < 1.29 is 9.18 Å². The van der Waals surface area contributed by atoms with Gasteiger partial charge in [0, 0.05) is 17.7 Å². The molecule has 0 aliphatic heterocycles. The van der Waals surface area contributed by atoms with E-state index in [1.165, 1.54) is 12.1 Å². The van der Waals surface area contributed by atoms with E-state index >= 15 is 0 Å². The number of amides is 1. The number of carbonyl (C=O) groups is 1. The summed E-state index contributed by atoms with van der Waals surface area (Å²) in [5.74, 6) is -0.0869. The number of tetrazole rings is 1. The van der Waals surface area contributed by atoms with Crippen molar-refractivity contribution in [2.45, 2.75) is 6.42 Å². The largest absolute Gasteiger partial charge is 0.321 e. The van der Waals surface area contributed by atoms with Crippen LogP contribution in [0.4, 0.5) is 10.1 Å². The zero-order chi connectivity index (χ0) is 19.3. The number of pyridine rings is 1. The predicted molar refractivity (Wildman–Crippen MR) is 101 cm³/mol. The van der Waals surface area contributed by atoms with Crippen molar-refractivity contribution in [1.82, 2.24) is 25.6 Å². The van der Waals surface area contributed by atoms with Gasteiger partial charge in [0.25, 0.3) is 5.91 Å². The zero-order valence-electron chi connectivity index (χ0n) is 14.6. The lowest BCUT2D eigenvalue weighted by Crippen LogP contribution is -2.14. The highest BCUT2D eigenvalue weighted by atomic mass is 19.1. The smallest absolute Gasteiger partial charge is 0.274 e. The average Bonchev–Trinajstić information content (AvgIpc) is 3.22. The Morgan fingerprint density at radius 1 is 1.04 bits per heavy atom. The molecule has 0 bridgehead atoms. The van der Waals surface area contributed by atoms with Crippen LogP contribution in [0.25, 0.3) is 11.3 Å². The Morgan fingerprint density at radius 2 is 1.86 bits per heavy atom. The first-order valence-electron chi connectivity index (χ1n) is 8.53. The number of halogens is 1. The second kappa shape index (κ2) is 7.75. The maximum atomic E-state index is 13.1. The lowest BCUT2D eigenvalue weighted by Gasteiger charge is -2.08. The number of nitrogens with one attached hydrogen (secondary N) is 2. The van der Waals surface area contributed by atoms with E-state index in [0.717, 1.165) is 11.1 Å². The molecule has 8 heteroatoms. The van der Waals surface area contributed by atoms with Crippen LogP contribution in [0, 0.1) is 5.82 Å². The van der Waals surface area contributed by atoms with Crippen molar-refractivity contribution in [3.8, 4) is 11.3 Å². The SMILES string of the molecule is O=C(Nc1cccc(Cc2nn[nH]n2)c1)c1cccc(-c2ccc(F)cc2)n1. The van der Waals surface area contributed by atoms with E-state index in [4.69, 9.17) is 0 Å². The molecule has 2 heterocycles. The number of rotatable bonds is 5. The second-order valence-electron chi connectivity index (χ2n) is 6.07. The standard InChI is InChI=1S/C20H15FN6O/c21-15-9-7-14(8-10-15)17-5-2-6-18(23-17)20(28)22-16-4-1-3-13(11-16)12-19-24-26-27-25-19/h1-11H,12H2,(H,22,28)(H,24,25,26,27). The Labute approximate surface area is 159 Å². The Kier molecular flexibility index (Phi) is 4.83. The highest BCUT2D eigenvalue weighted by molar-refractivity contribution is 6.03. The lowest BCUT2D eigenvalue weighted by atomic mass is 10.1. The van der Waals surface area contributed by atoms with Gasteiger partial charge >= 0.3 is 0 Å². The molecular weight excluding hydrogens is 359 g/mol. The van der Waals surface area contributed by atoms with Crippen LogP contribution in [-0.4, -0.2) is 31.5 Å². The van der Waals surface area contributed by atoms with Crippen LogP contribution in [0.1, 0.15) is 21.9 Å². The molecule has 0 atom stereocenters. The van der Waals surface area contributed by atoms with E-state index in [2.05, 4.69) is 30.9 Å². The van der Waals surface area contributed by atoms with Gasteiger partial charge in [0.15, 0.2) is 5.82 Å². The van der Waals surface area contributed by atoms with Gasteiger partial charge in [-0.25, -0.2) is 9.37 Å². The summed E-state index contributed by atoms with van der Waals surface area (Å²) in [7, 11) is 0. The first-order chi connectivity index (χ1) is 13.7. The molecule has 0 saturated heterocycles. The molecule has 7 nitrogen and oxygen atoms in total. The fourth-order valence-electron chi connectivity index (χ4n) is 2.74. The summed E-state index contributed by atoms with van der Waals surface area (Å²) in [6.45, 7) is 0. The molecule has 0 unspecified atom stereocenters. The lowest BCUT2D eigenvalue weighted by molar-refractivity contribution is 0.102. The van der Waals surface area contributed by atoms with Gasteiger partial charge in [-0.3, -0.25) is 4.79 Å². The molecule has 4 aromatic rings. The highest BCUT2D eigenvalue weighted by Gasteiger charge is 2.10. The van der Waals surface area contributed by atoms with Crippen LogP contribution in [0.3, 0.4) is 0 Å². The van der Waals surface area contributed by atoms with Crippen LogP contribution in [0.15, 0.2) is 66.7 Å². The van der Waals surface area contributed by atoms with Crippen LogP contribution in [-0.2, 0) is 6.42 Å². The Bertz CT molecular complexity index is 1100. The number of carbonyl (C=O) groups excluding carboxylic acids is 1. The molecule has 0 aliphatic rings. The summed E-state index contributed by atoms with van der Waals surface area (Å²) >= 11 is 0. The Morgan fingerprint density at radius 3 is 2.64 bits per heavy atom. The zero-order valence-corrected chi connectivity index (χ0v) is 14.6. The van der Waals surface area contributed by atoms with Crippen LogP contribution in [0.2, 0.25) is 0 Å². The number of benzene rings is 2. The fraction of sp³-hybridized carbons (Fsp3) is 0.0500. The number of hydrogen-bond donors (Lipinski definition) is 2. The minimum absolute atomic E-state index is 0.269. The molecule has 0 spiro atoms. The monoisotopic (exact) mass is 374 g/mol. The van der Waals surface area contributed by atoms with E-state index in [1.807, 2.05) is 18.2 Å². The maximum Gasteiger partial charge on any atom is 0.274 e. The fourth-order valence-corrected chi connectivity index (χ4v) is 2.74. The molecule has 0 fully saturated rings. The van der Waals surface area contributed by atoms with E-state index in [0.29, 0.717) is 23.6 Å². The van der Waals surface area contributed by atoms with Crippen molar-refractivity contribution in [3.05, 3.63) is 89.6 Å². The van der Waals surface area contributed by atoms with E-state index in [-0.39, 0.29) is 17.4 Å². The number of nitrogens with zero attached hydrogens (tertiary/aromatic N) is 4. The highest BCUT2D eigenvalue weighted by Crippen LogP contribution is 2.19. The van der Waals surface area contributed by atoms with Crippen molar-refractivity contribution in [2.24, 2.45) is 0 Å². The van der Waals surface area contributed by atoms with Crippen molar-refractivity contribution >= 4 is 11.6 Å². The molecule has 1 amide bonds. The molecule has 2 aromatic carbocycles. The molecule has 0 radical (unpaired) electrons. The van der Waals surface area contributed by atoms with Gasteiger partial charge in [-0.05, 0) is 54.1 Å². The minimum atomic E-state index is -0.333. The molecular formula is C20H15FN6O. The van der Waals surface area contributed by atoms with E-state index < -0.39 is 0 Å². The van der Waals surface area contributed by atoms with Crippen LogP contribution >= 0.6 is 0 Å². The quantitative estimate of drug-likeness (QED) is 0.559. The topological polar surface area (TPSA) is 96.5 Å². The van der Waals surface area contributed by atoms with Gasteiger partial charge in [-0.15, -0.1) is 10.2 Å². The molecule has 4 rings (SSSR count). The second-order valence-corrected chi connectivity index (χ2v) is 6.07. The summed E-state index contributed by atoms with van der Waals surface area (Å²) < 4.78 is 13.1. The number of hydrogen-bond acceptors (Lipinski definition) is 5. The summed E-state index contributed by atoms with van der Waals surface area (Å²) in [4.78, 5) is 17.0. The molecule has 2 aromatic heterocycles. The number of aromatic nitrogens is 5. The molecule has 0 saturated carbocycles. The number of anilines is 1. The predicted octanol–water partition coefficient (Wildman–Crippen LogP) is 3.24. The molecule has 0 aliphatic carbocycles. The Hall–Kier alpha value is -3.94. The Balaban J connectivity index is 1.51. The third-order valence-corrected chi connectivity index (χ3v) is 4.06. The van der Waals surface area contributed by atoms with Gasteiger partial charge < -0.3 is 5.32 Å². The summed E-state index contributed by atoms with van der Waals surface area (Å²) in [5.41, 5.74) is 3.18. The summed E-state index contributed by atoms with van der Waals surface area (Å²) in [5, 5.41) is 16.6. The summed E-state index contributed by atoms with van der Waals surface area (Å²) in [6, 6.07) is 18.5. The van der Waals surface area contributed by atoms with Crippen molar-refractivity contribution in [1.29, 1.82) is 0 Å². The normalized spacial score (nSPS) is 10.6. The van der Waals surface area contributed by atoms with E-state index in [9.17, 15) is 9.18 Å². The maximum absolute atomic E-state index is 13.1. The van der Waals surface area contributed by atoms with Gasteiger partial charge in [0.05, 0.1) is 5.69 Å². The number of aromatic amines is 1. The molecule has 28 heavy (non-hydrogen) atoms.